The lowest BCUT2D eigenvalue weighted by Gasteiger charge is -2.17. The van der Waals surface area contributed by atoms with E-state index < -0.39 is 0 Å². The molecule has 0 amide bonds. The lowest BCUT2D eigenvalue weighted by molar-refractivity contribution is 1.18. The lowest BCUT2D eigenvalue weighted by Crippen LogP contribution is -1.95. The topological polar surface area (TPSA) is 43.6 Å². The Balaban J connectivity index is 1.06. The number of nitrogens with zero attached hydrogens (tertiary/aromatic N) is 4. The molecule has 0 aliphatic heterocycles. The van der Waals surface area contributed by atoms with Crippen LogP contribution in [0.3, 0.4) is 0 Å². The molecule has 13 rings (SSSR count). The van der Waals surface area contributed by atoms with Crippen molar-refractivity contribution in [3.63, 3.8) is 0 Å². The molecule has 0 unspecified atom stereocenters. The van der Waals surface area contributed by atoms with E-state index >= 15 is 0 Å². The molecule has 0 bridgehead atoms. The molecule has 0 saturated carbocycles. The summed E-state index contributed by atoms with van der Waals surface area (Å²) in [6.07, 6.45) is 0. The van der Waals surface area contributed by atoms with Gasteiger partial charge < -0.3 is 4.57 Å². The Kier molecular flexibility index (Phi) is 7.87. The van der Waals surface area contributed by atoms with E-state index in [4.69, 9.17) is 15.0 Å². The predicted molar refractivity (Wildman–Crippen MR) is 263 cm³/mol. The summed E-state index contributed by atoms with van der Waals surface area (Å²) >= 11 is 0. The van der Waals surface area contributed by atoms with E-state index in [1.165, 1.54) is 27.2 Å². The molecule has 63 heavy (non-hydrogen) atoms. The molecule has 0 radical (unpaired) electrons. The van der Waals surface area contributed by atoms with Crippen LogP contribution >= 0.6 is 0 Å². The standard InChI is InChI=1S/C59H36N4/c1-4-15-37(16-5-1)50-34-29-39-27-28-40-30-35-51(61-58(40)57(39)60-50)45-32-31-44(42-21-10-11-22-43(42)45)46-24-14-25-48-54-49(56(62-59(46)48)38-17-6-2-7-18-38)33-36-53-55(54)47-23-12-13-26-52(47)63(53)41-19-8-3-9-20-41/h1-36H. The van der Waals surface area contributed by atoms with Crippen molar-refractivity contribution >= 4 is 76.1 Å². The minimum absolute atomic E-state index is 0.898. The van der Waals surface area contributed by atoms with Gasteiger partial charge in [0.1, 0.15) is 0 Å². The van der Waals surface area contributed by atoms with Crippen LogP contribution < -0.4 is 0 Å². The van der Waals surface area contributed by atoms with E-state index in [1.54, 1.807) is 0 Å². The molecule has 4 aromatic heterocycles. The smallest absolute Gasteiger partial charge is 0.0972 e. The van der Waals surface area contributed by atoms with E-state index in [2.05, 4.69) is 217 Å². The van der Waals surface area contributed by atoms with Crippen LogP contribution in [0.4, 0.5) is 0 Å². The number of rotatable bonds is 5. The molecule has 0 aliphatic rings. The Bertz CT molecular complexity index is 3950. The van der Waals surface area contributed by atoms with Crippen LogP contribution in [0.1, 0.15) is 0 Å². The molecule has 0 spiro atoms. The first-order valence-electron chi connectivity index (χ1n) is 21.4. The zero-order valence-electron chi connectivity index (χ0n) is 34.1. The summed E-state index contributed by atoms with van der Waals surface area (Å²) in [5.41, 5.74) is 14.6. The van der Waals surface area contributed by atoms with Gasteiger partial charge in [-0.2, -0.15) is 0 Å². The number of fused-ring (bicyclic) bond motifs is 11. The second kappa shape index (κ2) is 14.1. The predicted octanol–water partition coefficient (Wildman–Crippen LogP) is 15.4. The van der Waals surface area contributed by atoms with Crippen molar-refractivity contribution in [2.24, 2.45) is 0 Å². The number of pyridine rings is 3. The van der Waals surface area contributed by atoms with Crippen LogP contribution in [0.2, 0.25) is 0 Å². The maximum atomic E-state index is 5.66. The summed E-state index contributed by atoms with van der Waals surface area (Å²) in [7, 11) is 0. The zero-order chi connectivity index (χ0) is 41.4. The third kappa shape index (κ3) is 5.52. The normalized spacial score (nSPS) is 11.8. The van der Waals surface area contributed by atoms with Gasteiger partial charge >= 0.3 is 0 Å². The quantitative estimate of drug-likeness (QED) is 0.163. The first-order valence-corrected chi connectivity index (χ1v) is 21.4. The van der Waals surface area contributed by atoms with Crippen molar-refractivity contribution < 1.29 is 0 Å². The molecule has 4 heteroatoms. The van der Waals surface area contributed by atoms with Crippen molar-refractivity contribution in [3.8, 4) is 50.6 Å². The molecule has 9 aromatic carbocycles. The number of benzene rings is 9. The highest BCUT2D eigenvalue weighted by atomic mass is 15.0. The van der Waals surface area contributed by atoms with E-state index in [-0.39, 0.29) is 0 Å². The SMILES string of the molecule is c1ccc(-c2ccc3ccc4ccc(-c5ccc(-c6cccc7c6nc(-c6ccccc6)c6ccc8c(c9ccccc9n8-c8ccccc8)c67)c6ccccc56)nc4c3n2)cc1. The van der Waals surface area contributed by atoms with Gasteiger partial charge in [-0.15, -0.1) is 0 Å². The molecule has 0 aliphatic carbocycles. The van der Waals surface area contributed by atoms with Gasteiger partial charge in [0.15, 0.2) is 0 Å². The van der Waals surface area contributed by atoms with Crippen LogP contribution in [0.25, 0.3) is 127 Å². The van der Waals surface area contributed by atoms with Crippen molar-refractivity contribution in [2.45, 2.75) is 0 Å². The summed E-state index contributed by atoms with van der Waals surface area (Å²) in [5, 5.41) is 10.3. The molecular weight excluding hydrogens is 765 g/mol. The third-order valence-corrected chi connectivity index (χ3v) is 12.8. The Morgan fingerprint density at radius 3 is 1.60 bits per heavy atom. The van der Waals surface area contributed by atoms with Crippen LogP contribution in [0, 0.1) is 0 Å². The fraction of sp³-hybridized carbons (Fsp3) is 0. The zero-order valence-corrected chi connectivity index (χ0v) is 34.1. The van der Waals surface area contributed by atoms with Crippen molar-refractivity contribution in [2.75, 3.05) is 0 Å². The molecular formula is C59H36N4. The number of hydrogen-bond acceptors (Lipinski definition) is 3. The summed E-state index contributed by atoms with van der Waals surface area (Å²) in [6, 6.07) is 77.8. The highest BCUT2D eigenvalue weighted by Crippen LogP contribution is 2.45. The fourth-order valence-corrected chi connectivity index (χ4v) is 9.91. The first-order chi connectivity index (χ1) is 31.3. The Morgan fingerprint density at radius 1 is 0.286 bits per heavy atom. The van der Waals surface area contributed by atoms with Gasteiger partial charge in [0.25, 0.3) is 0 Å². The van der Waals surface area contributed by atoms with Gasteiger partial charge in [0, 0.05) is 65.6 Å². The fourth-order valence-electron chi connectivity index (χ4n) is 9.91. The van der Waals surface area contributed by atoms with Gasteiger partial charge in [-0.3, -0.25) is 0 Å². The van der Waals surface area contributed by atoms with Crippen LogP contribution in [0.5, 0.6) is 0 Å². The lowest BCUT2D eigenvalue weighted by atomic mass is 9.90. The summed E-state index contributed by atoms with van der Waals surface area (Å²) < 4.78 is 2.40. The molecule has 0 N–H and O–H groups in total. The molecule has 13 aromatic rings. The number of para-hydroxylation sites is 3. The second-order valence-corrected chi connectivity index (χ2v) is 16.3. The van der Waals surface area contributed by atoms with Gasteiger partial charge in [0.05, 0.1) is 44.7 Å². The first kappa shape index (κ1) is 35.3. The van der Waals surface area contributed by atoms with Gasteiger partial charge in [0.2, 0.25) is 0 Å². The Hall–Kier alpha value is -8.47. The van der Waals surface area contributed by atoms with E-state index in [0.29, 0.717) is 0 Å². The molecule has 292 valence electrons. The molecule has 0 saturated heterocycles. The van der Waals surface area contributed by atoms with Crippen molar-refractivity contribution in [1.29, 1.82) is 0 Å². The van der Waals surface area contributed by atoms with Crippen molar-refractivity contribution in [3.05, 3.63) is 218 Å². The van der Waals surface area contributed by atoms with Gasteiger partial charge in [-0.05, 0) is 52.7 Å². The maximum absolute atomic E-state index is 5.66. The van der Waals surface area contributed by atoms with E-state index in [0.717, 1.165) is 99.5 Å². The number of hydrogen-bond donors (Lipinski definition) is 0. The Labute approximate surface area is 363 Å². The molecule has 4 heterocycles. The monoisotopic (exact) mass is 800 g/mol. The average Bonchev–Trinajstić information content (AvgIpc) is 3.70. The molecule has 4 nitrogen and oxygen atoms in total. The van der Waals surface area contributed by atoms with E-state index in [1.807, 2.05) is 6.07 Å². The highest BCUT2D eigenvalue weighted by molar-refractivity contribution is 6.30. The Morgan fingerprint density at radius 2 is 0.857 bits per heavy atom. The minimum Gasteiger partial charge on any atom is -0.309 e. The third-order valence-electron chi connectivity index (χ3n) is 12.8. The van der Waals surface area contributed by atoms with E-state index in [9.17, 15) is 0 Å². The number of aromatic nitrogens is 4. The second-order valence-electron chi connectivity index (χ2n) is 16.3. The van der Waals surface area contributed by atoms with Crippen LogP contribution in [0.15, 0.2) is 218 Å². The molecule has 0 fully saturated rings. The maximum Gasteiger partial charge on any atom is 0.0972 e. The minimum atomic E-state index is 0.898. The molecule has 0 atom stereocenters. The summed E-state index contributed by atoms with van der Waals surface area (Å²) in [6.45, 7) is 0. The van der Waals surface area contributed by atoms with Crippen molar-refractivity contribution in [1.82, 2.24) is 19.5 Å². The largest absolute Gasteiger partial charge is 0.309 e. The highest BCUT2D eigenvalue weighted by Gasteiger charge is 2.22. The average molecular weight is 801 g/mol. The summed E-state index contributed by atoms with van der Waals surface area (Å²) in [5.74, 6) is 0. The van der Waals surface area contributed by atoms with Crippen LogP contribution in [-0.2, 0) is 0 Å². The van der Waals surface area contributed by atoms with Gasteiger partial charge in [-0.1, -0.05) is 182 Å². The van der Waals surface area contributed by atoms with Gasteiger partial charge in [-0.25, -0.2) is 15.0 Å². The van der Waals surface area contributed by atoms with Crippen LogP contribution in [-0.4, -0.2) is 19.5 Å². The summed E-state index contributed by atoms with van der Waals surface area (Å²) in [4.78, 5) is 16.2.